The van der Waals surface area contributed by atoms with Crippen molar-refractivity contribution < 1.29 is 27.6 Å². The predicted octanol–water partition coefficient (Wildman–Crippen LogP) is 4.00. The molecule has 1 aliphatic rings. The van der Waals surface area contributed by atoms with Crippen molar-refractivity contribution in [3.8, 4) is 11.5 Å². The number of amides is 1. The third-order valence-electron chi connectivity index (χ3n) is 5.42. The summed E-state index contributed by atoms with van der Waals surface area (Å²) in [6.45, 7) is 1.69. The molecule has 9 heteroatoms. The Hall–Kier alpha value is -4.14. The molecule has 1 amide bonds. The number of aryl methyl sites for hydroxylation is 1. The van der Waals surface area contributed by atoms with Crippen LogP contribution in [0.15, 0.2) is 56.2 Å². The zero-order valence-corrected chi connectivity index (χ0v) is 17.3. The van der Waals surface area contributed by atoms with Gasteiger partial charge in [-0.05, 0) is 42.8 Å². The average Bonchev–Trinajstić information content (AvgIpc) is 3.34. The highest BCUT2D eigenvalue weighted by Crippen LogP contribution is 2.43. The maximum atomic E-state index is 13.9. The second kappa shape index (κ2) is 7.23. The standard InChI is InChI=1S/C23H17FN2O6/c1-11-8-18(25-32-11)26-20(12-4-6-16(29-2)17(9-12)30-3)19-21(27)14-10-13(24)5-7-15(14)31-22(19)23(26)28/h4-10,20H,1-3H3. The van der Waals surface area contributed by atoms with Gasteiger partial charge >= 0.3 is 0 Å². The molecule has 0 aliphatic carbocycles. The van der Waals surface area contributed by atoms with Gasteiger partial charge in [-0.25, -0.2) is 4.39 Å². The second-order valence-corrected chi connectivity index (χ2v) is 7.30. The molecule has 0 saturated heterocycles. The number of rotatable bonds is 4. The van der Waals surface area contributed by atoms with Gasteiger partial charge in [0.05, 0.1) is 31.2 Å². The maximum absolute atomic E-state index is 13.9. The highest BCUT2D eigenvalue weighted by molar-refractivity contribution is 6.10. The molecule has 2 aromatic carbocycles. The summed E-state index contributed by atoms with van der Waals surface area (Å²) >= 11 is 0. The van der Waals surface area contributed by atoms with Crippen molar-refractivity contribution in [3.63, 3.8) is 0 Å². The van der Waals surface area contributed by atoms with Crippen molar-refractivity contribution >= 4 is 22.7 Å². The molecule has 0 N–H and O–H groups in total. The Labute approximate surface area is 180 Å². The highest BCUT2D eigenvalue weighted by atomic mass is 19.1. The van der Waals surface area contributed by atoms with Crippen LogP contribution in [-0.2, 0) is 0 Å². The second-order valence-electron chi connectivity index (χ2n) is 7.30. The molecule has 0 bridgehead atoms. The number of halogens is 1. The van der Waals surface area contributed by atoms with Crippen molar-refractivity contribution in [2.45, 2.75) is 13.0 Å². The van der Waals surface area contributed by atoms with E-state index in [1.165, 1.54) is 31.3 Å². The Kier molecular flexibility index (Phi) is 4.47. The van der Waals surface area contributed by atoms with Crippen LogP contribution < -0.4 is 19.8 Å². The minimum absolute atomic E-state index is 0.0419. The third kappa shape index (κ3) is 2.85. The van der Waals surface area contributed by atoms with Gasteiger partial charge in [-0.1, -0.05) is 11.2 Å². The van der Waals surface area contributed by atoms with Crippen molar-refractivity contribution in [2.75, 3.05) is 19.1 Å². The molecule has 4 aromatic rings. The zero-order valence-electron chi connectivity index (χ0n) is 17.3. The van der Waals surface area contributed by atoms with Gasteiger partial charge in [0.2, 0.25) is 5.76 Å². The van der Waals surface area contributed by atoms with E-state index in [-0.39, 0.29) is 28.1 Å². The van der Waals surface area contributed by atoms with Crippen molar-refractivity contribution in [1.82, 2.24) is 5.16 Å². The monoisotopic (exact) mass is 436 g/mol. The Balaban J connectivity index is 1.81. The minimum Gasteiger partial charge on any atom is -0.493 e. The first-order valence-electron chi connectivity index (χ1n) is 9.68. The zero-order chi connectivity index (χ0) is 22.6. The first-order chi connectivity index (χ1) is 15.4. The van der Waals surface area contributed by atoms with E-state index >= 15 is 0 Å². The molecular formula is C23H17FN2O6. The van der Waals surface area contributed by atoms with Gasteiger partial charge < -0.3 is 18.4 Å². The van der Waals surface area contributed by atoms with Gasteiger partial charge in [-0.2, -0.15) is 0 Å². The van der Waals surface area contributed by atoms with Gasteiger partial charge in [-0.3, -0.25) is 14.5 Å². The van der Waals surface area contributed by atoms with Crippen LogP contribution in [0.3, 0.4) is 0 Å². The summed E-state index contributed by atoms with van der Waals surface area (Å²) in [5.74, 6) is 0.331. The van der Waals surface area contributed by atoms with Gasteiger partial charge in [0.25, 0.3) is 5.91 Å². The molecular weight excluding hydrogens is 419 g/mol. The molecule has 0 spiro atoms. The number of nitrogens with zero attached hydrogens (tertiary/aromatic N) is 2. The normalized spacial score (nSPS) is 15.3. The number of ether oxygens (including phenoxy) is 2. The van der Waals surface area contributed by atoms with Crippen molar-refractivity contribution in [3.05, 3.63) is 81.2 Å². The van der Waals surface area contributed by atoms with Crippen LogP contribution in [0.1, 0.15) is 33.5 Å². The van der Waals surface area contributed by atoms with E-state index in [1.54, 1.807) is 31.2 Å². The molecule has 3 heterocycles. The molecule has 8 nitrogen and oxygen atoms in total. The Bertz CT molecular complexity index is 1440. The van der Waals surface area contributed by atoms with E-state index in [0.29, 0.717) is 22.8 Å². The summed E-state index contributed by atoms with van der Waals surface area (Å²) in [6, 6.07) is 9.33. The largest absolute Gasteiger partial charge is 0.493 e. The lowest BCUT2D eigenvalue weighted by molar-refractivity contribution is 0.0969. The lowest BCUT2D eigenvalue weighted by atomic mass is 9.98. The van der Waals surface area contributed by atoms with Crippen LogP contribution in [0.5, 0.6) is 11.5 Å². The van der Waals surface area contributed by atoms with Crippen LogP contribution in [-0.4, -0.2) is 25.3 Å². The minimum atomic E-state index is -0.897. The molecule has 162 valence electrons. The highest BCUT2D eigenvalue weighted by Gasteiger charge is 2.45. The summed E-state index contributed by atoms with van der Waals surface area (Å²) in [6.07, 6.45) is 0. The van der Waals surface area contributed by atoms with Gasteiger partial charge in [0.1, 0.15) is 17.2 Å². The quantitative estimate of drug-likeness (QED) is 0.477. The topological polar surface area (TPSA) is 95.0 Å². The maximum Gasteiger partial charge on any atom is 0.296 e. The van der Waals surface area contributed by atoms with E-state index in [9.17, 15) is 14.0 Å². The first-order valence-corrected chi connectivity index (χ1v) is 9.68. The molecule has 1 atom stereocenters. The van der Waals surface area contributed by atoms with E-state index in [2.05, 4.69) is 5.16 Å². The van der Waals surface area contributed by atoms with Gasteiger partial charge in [0.15, 0.2) is 22.7 Å². The number of methoxy groups -OCH3 is 2. The van der Waals surface area contributed by atoms with E-state index in [0.717, 1.165) is 6.07 Å². The number of carbonyl (C=O) groups excluding carboxylic acids is 1. The number of anilines is 1. The average molecular weight is 436 g/mol. The van der Waals surface area contributed by atoms with E-state index in [1.807, 2.05) is 0 Å². The fourth-order valence-electron chi connectivity index (χ4n) is 3.99. The van der Waals surface area contributed by atoms with E-state index in [4.69, 9.17) is 18.4 Å². The summed E-state index contributed by atoms with van der Waals surface area (Å²) in [4.78, 5) is 28.2. The molecule has 0 saturated carbocycles. The summed E-state index contributed by atoms with van der Waals surface area (Å²) in [5, 5.41) is 4.01. The molecule has 2 aromatic heterocycles. The molecule has 0 radical (unpaired) electrons. The Morgan fingerprint density at radius 1 is 1.03 bits per heavy atom. The molecule has 1 aliphatic heterocycles. The Morgan fingerprint density at radius 2 is 1.81 bits per heavy atom. The molecule has 1 unspecified atom stereocenters. The summed E-state index contributed by atoms with van der Waals surface area (Å²) in [5.41, 5.74) is 0.253. The number of aromatic nitrogens is 1. The fraction of sp³-hybridized carbons (Fsp3) is 0.174. The number of benzene rings is 2. The lowest BCUT2D eigenvalue weighted by Gasteiger charge is -2.23. The fourth-order valence-corrected chi connectivity index (χ4v) is 3.99. The Morgan fingerprint density at radius 3 is 2.50 bits per heavy atom. The number of fused-ring (bicyclic) bond motifs is 2. The van der Waals surface area contributed by atoms with E-state index < -0.39 is 23.2 Å². The predicted molar refractivity (Wildman–Crippen MR) is 112 cm³/mol. The first kappa shape index (κ1) is 19.8. The van der Waals surface area contributed by atoms with Gasteiger partial charge in [0, 0.05) is 6.07 Å². The smallest absolute Gasteiger partial charge is 0.296 e. The van der Waals surface area contributed by atoms with Crippen LogP contribution in [0.25, 0.3) is 11.0 Å². The van der Waals surface area contributed by atoms with Gasteiger partial charge in [-0.15, -0.1) is 0 Å². The van der Waals surface area contributed by atoms with Crippen LogP contribution in [0, 0.1) is 12.7 Å². The van der Waals surface area contributed by atoms with Crippen LogP contribution in [0.4, 0.5) is 10.2 Å². The molecule has 32 heavy (non-hydrogen) atoms. The van der Waals surface area contributed by atoms with Crippen LogP contribution >= 0.6 is 0 Å². The molecule has 5 rings (SSSR count). The van der Waals surface area contributed by atoms with Crippen molar-refractivity contribution in [2.24, 2.45) is 0 Å². The summed E-state index contributed by atoms with van der Waals surface area (Å²) in [7, 11) is 2.99. The molecule has 0 fully saturated rings. The number of carbonyl (C=O) groups is 1. The summed E-state index contributed by atoms with van der Waals surface area (Å²) < 4.78 is 35.5. The van der Waals surface area contributed by atoms with Crippen molar-refractivity contribution in [1.29, 1.82) is 0 Å². The number of hydrogen-bond donors (Lipinski definition) is 0. The number of hydrogen-bond acceptors (Lipinski definition) is 7. The van der Waals surface area contributed by atoms with Crippen LogP contribution in [0.2, 0.25) is 0 Å². The lowest BCUT2D eigenvalue weighted by Crippen LogP contribution is -2.29. The SMILES string of the molecule is COc1ccc(C2c3c(oc4ccc(F)cc4c3=O)C(=O)N2c2cc(C)on2)cc1OC. The third-order valence-corrected chi connectivity index (χ3v) is 5.42.